The smallest absolute Gasteiger partial charge is 0.147 e. The molecule has 0 saturated heterocycles. The SMILES string of the molecule is NCc1nnc(C2CC(N)C2)n1C1CC1. The van der Waals surface area contributed by atoms with E-state index < -0.39 is 0 Å². The monoisotopic (exact) mass is 207 g/mol. The van der Waals surface area contributed by atoms with E-state index in [4.69, 9.17) is 11.5 Å². The fourth-order valence-electron chi connectivity index (χ4n) is 2.36. The quantitative estimate of drug-likeness (QED) is 0.745. The van der Waals surface area contributed by atoms with Crippen molar-refractivity contribution in [1.29, 1.82) is 0 Å². The minimum atomic E-state index is 0.362. The Morgan fingerprint density at radius 3 is 2.53 bits per heavy atom. The van der Waals surface area contributed by atoms with Gasteiger partial charge in [-0.15, -0.1) is 10.2 Å². The van der Waals surface area contributed by atoms with Gasteiger partial charge < -0.3 is 16.0 Å². The van der Waals surface area contributed by atoms with Crippen LogP contribution in [0, 0.1) is 0 Å². The molecule has 1 aromatic heterocycles. The van der Waals surface area contributed by atoms with Crippen LogP contribution in [0.4, 0.5) is 0 Å². The number of hydrogen-bond donors (Lipinski definition) is 2. The van der Waals surface area contributed by atoms with Gasteiger partial charge in [0.2, 0.25) is 0 Å². The first-order chi connectivity index (χ1) is 7.29. The zero-order valence-electron chi connectivity index (χ0n) is 8.76. The second-order valence-corrected chi connectivity index (χ2v) is 4.71. The zero-order valence-corrected chi connectivity index (χ0v) is 8.76. The molecular formula is C10H17N5. The van der Waals surface area contributed by atoms with E-state index >= 15 is 0 Å². The molecule has 0 aromatic carbocycles. The minimum Gasteiger partial charge on any atom is -0.328 e. The lowest BCUT2D eigenvalue weighted by Crippen LogP contribution is -2.36. The van der Waals surface area contributed by atoms with Crippen molar-refractivity contribution in [1.82, 2.24) is 14.8 Å². The van der Waals surface area contributed by atoms with Crippen molar-refractivity contribution >= 4 is 0 Å². The highest BCUT2D eigenvalue weighted by Crippen LogP contribution is 2.42. The highest BCUT2D eigenvalue weighted by atomic mass is 15.3. The van der Waals surface area contributed by atoms with Crippen molar-refractivity contribution in [2.45, 2.75) is 50.2 Å². The Kier molecular flexibility index (Phi) is 2.03. The van der Waals surface area contributed by atoms with Crippen LogP contribution in [0.25, 0.3) is 0 Å². The van der Waals surface area contributed by atoms with E-state index in [1.165, 1.54) is 12.8 Å². The van der Waals surface area contributed by atoms with E-state index in [0.717, 1.165) is 24.5 Å². The largest absolute Gasteiger partial charge is 0.328 e. The van der Waals surface area contributed by atoms with Gasteiger partial charge in [0, 0.05) is 18.0 Å². The fourth-order valence-corrected chi connectivity index (χ4v) is 2.36. The van der Waals surface area contributed by atoms with Crippen LogP contribution in [0.15, 0.2) is 0 Å². The Morgan fingerprint density at radius 1 is 1.27 bits per heavy atom. The number of hydrogen-bond acceptors (Lipinski definition) is 4. The predicted octanol–water partition coefficient (Wildman–Crippen LogP) is 0.276. The van der Waals surface area contributed by atoms with E-state index in [2.05, 4.69) is 14.8 Å². The first-order valence-corrected chi connectivity index (χ1v) is 5.69. The average molecular weight is 207 g/mol. The molecule has 0 bridgehead atoms. The molecule has 2 aliphatic rings. The summed E-state index contributed by atoms with van der Waals surface area (Å²) >= 11 is 0. The van der Waals surface area contributed by atoms with Gasteiger partial charge in [0.05, 0.1) is 6.54 Å². The van der Waals surface area contributed by atoms with Gasteiger partial charge in [0.25, 0.3) is 0 Å². The maximum Gasteiger partial charge on any atom is 0.147 e. The van der Waals surface area contributed by atoms with Gasteiger partial charge in [-0.05, 0) is 25.7 Å². The summed E-state index contributed by atoms with van der Waals surface area (Å²) in [6.07, 6.45) is 4.60. The van der Waals surface area contributed by atoms with Crippen molar-refractivity contribution in [2.75, 3.05) is 0 Å². The molecule has 0 aliphatic heterocycles. The molecule has 5 nitrogen and oxygen atoms in total. The van der Waals surface area contributed by atoms with Crippen LogP contribution in [-0.4, -0.2) is 20.8 Å². The van der Waals surface area contributed by atoms with Crippen molar-refractivity contribution in [3.8, 4) is 0 Å². The lowest BCUT2D eigenvalue weighted by atomic mass is 9.80. The standard InChI is InChI=1S/C10H17N5/c11-5-9-13-14-10(6-3-7(12)4-6)15(9)8-1-2-8/h6-8H,1-5,11-12H2. The zero-order chi connectivity index (χ0) is 10.4. The fraction of sp³-hybridized carbons (Fsp3) is 0.800. The average Bonchev–Trinajstić information content (AvgIpc) is 2.94. The Balaban J connectivity index is 1.89. The van der Waals surface area contributed by atoms with E-state index in [-0.39, 0.29) is 0 Å². The Bertz CT molecular complexity index is 362. The number of nitrogens with zero attached hydrogens (tertiary/aromatic N) is 3. The summed E-state index contributed by atoms with van der Waals surface area (Å²) in [4.78, 5) is 0. The van der Waals surface area contributed by atoms with Gasteiger partial charge in [-0.1, -0.05) is 0 Å². The summed E-state index contributed by atoms with van der Waals surface area (Å²) in [7, 11) is 0. The Morgan fingerprint density at radius 2 is 2.00 bits per heavy atom. The summed E-state index contributed by atoms with van der Waals surface area (Å²) in [5.41, 5.74) is 11.5. The van der Waals surface area contributed by atoms with Crippen LogP contribution in [-0.2, 0) is 6.54 Å². The predicted molar refractivity (Wildman–Crippen MR) is 56.1 cm³/mol. The normalized spacial score (nSPS) is 30.3. The molecule has 1 aromatic rings. The van der Waals surface area contributed by atoms with E-state index in [1.807, 2.05) is 0 Å². The van der Waals surface area contributed by atoms with E-state index in [9.17, 15) is 0 Å². The van der Waals surface area contributed by atoms with Crippen LogP contribution in [0.5, 0.6) is 0 Å². The van der Waals surface area contributed by atoms with Crippen molar-refractivity contribution in [2.24, 2.45) is 11.5 Å². The third-order valence-corrected chi connectivity index (χ3v) is 3.43. The molecule has 2 aliphatic carbocycles. The summed E-state index contributed by atoms with van der Waals surface area (Å²) in [5, 5.41) is 8.45. The summed E-state index contributed by atoms with van der Waals surface area (Å²) in [6.45, 7) is 0.488. The van der Waals surface area contributed by atoms with Crippen molar-refractivity contribution in [3.05, 3.63) is 11.6 Å². The molecular weight excluding hydrogens is 190 g/mol. The van der Waals surface area contributed by atoms with Crippen molar-refractivity contribution < 1.29 is 0 Å². The van der Waals surface area contributed by atoms with Gasteiger partial charge in [-0.25, -0.2) is 0 Å². The van der Waals surface area contributed by atoms with E-state index in [0.29, 0.717) is 24.5 Å². The third-order valence-electron chi connectivity index (χ3n) is 3.43. The molecule has 0 spiro atoms. The van der Waals surface area contributed by atoms with Crippen LogP contribution < -0.4 is 11.5 Å². The van der Waals surface area contributed by atoms with Gasteiger partial charge in [0.15, 0.2) is 0 Å². The maximum absolute atomic E-state index is 5.81. The molecule has 2 saturated carbocycles. The summed E-state index contributed by atoms with van der Waals surface area (Å²) in [5.74, 6) is 2.58. The second kappa shape index (κ2) is 3.28. The number of rotatable bonds is 3. The van der Waals surface area contributed by atoms with Gasteiger partial charge >= 0.3 is 0 Å². The second-order valence-electron chi connectivity index (χ2n) is 4.71. The first-order valence-electron chi connectivity index (χ1n) is 5.69. The van der Waals surface area contributed by atoms with Crippen LogP contribution in [0.3, 0.4) is 0 Å². The molecule has 82 valence electrons. The molecule has 0 unspecified atom stereocenters. The molecule has 2 fully saturated rings. The van der Waals surface area contributed by atoms with Crippen molar-refractivity contribution in [3.63, 3.8) is 0 Å². The lowest BCUT2D eigenvalue weighted by molar-refractivity contribution is 0.328. The van der Waals surface area contributed by atoms with Gasteiger partial charge in [-0.3, -0.25) is 0 Å². The molecule has 3 rings (SSSR count). The maximum atomic E-state index is 5.81. The van der Waals surface area contributed by atoms with Crippen LogP contribution in [0.1, 0.15) is 49.3 Å². The lowest BCUT2D eigenvalue weighted by Gasteiger charge is -2.31. The summed E-state index contributed by atoms with van der Waals surface area (Å²) < 4.78 is 2.26. The Hall–Kier alpha value is -0.940. The molecule has 0 amide bonds. The van der Waals surface area contributed by atoms with Crippen LogP contribution in [0.2, 0.25) is 0 Å². The molecule has 0 radical (unpaired) electrons. The highest BCUT2D eigenvalue weighted by molar-refractivity contribution is 5.11. The topological polar surface area (TPSA) is 82.8 Å². The van der Waals surface area contributed by atoms with Gasteiger partial charge in [0.1, 0.15) is 11.6 Å². The third kappa shape index (κ3) is 1.46. The minimum absolute atomic E-state index is 0.362. The van der Waals surface area contributed by atoms with Crippen LogP contribution >= 0.6 is 0 Å². The molecule has 1 heterocycles. The molecule has 15 heavy (non-hydrogen) atoms. The molecule has 0 atom stereocenters. The van der Waals surface area contributed by atoms with Gasteiger partial charge in [-0.2, -0.15) is 0 Å². The first kappa shape index (κ1) is 9.30. The molecule has 4 N–H and O–H groups in total. The Labute approximate surface area is 88.8 Å². The molecule has 5 heteroatoms. The number of aromatic nitrogens is 3. The summed E-state index contributed by atoms with van der Waals surface area (Å²) in [6, 6.07) is 0.978. The highest BCUT2D eigenvalue weighted by Gasteiger charge is 2.36. The number of nitrogens with two attached hydrogens (primary N) is 2. The van der Waals surface area contributed by atoms with E-state index in [1.54, 1.807) is 0 Å².